The first kappa shape index (κ1) is 50.0. The number of benzene rings is 9. The van der Waals surface area contributed by atoms with Crippen LogP contribution in [0, 0.1) is 0 Å². The number of fused-ring (bicyclic) bond motifs is 9. The normalized spacial score (nSPS) is 13.4. The van der Waals surface area contributed by atoms with E-state index in [1.54, 1.807) is 0 Å². The van der Waals surface area contributed by atoms with Crippen LogP contribution in [0.4, 0.5) is 0 Å². The number of rotatable bonds is 10. The summed E-state index contributed by atoms with van der Waals surface area (Å²) in [4.78, 5) is 19.2. The van der Waals surface area contributed by atoms with Crippen molar-refractivity contribution in [3.05, 3.63) is 309 Å². The summed E-state index contributed by atoms with van der Waals surface area (Å²) in [6.45, 7) is 0. The molecule has 17 rings (SSSR count). The number of furan rings is 1. The van der Waals surface area contributed by atoms with Crippen LogP contribution in [0.5, 0.6) is 0 Å². The second-order valence-electron chi connectivity index (χ2n) is 22.4. The van der Waals surface area contributed by atoms with Gasteiger partial charge in [0.2, 0.25) is 0 Å². The number of hydrogen-bond acceptors (Lipinski definition) is 5. The van der Waals surface area contributed by atoms with E-state index in [9.17, 15) is 0 Å². The van der Waals surface area contributed by atoms with Gasteiger partial charge in [-0.3, -0.25) is 19.9 Å². The molecule has 1 aliphatic carbocycles. The molecule has 1 atom stereocenters. The molecule has 0 saturated carbocycles. The van der Waals surface area contributed by atoms with E-state index in [4.69, 9.17) is 24.4 Å². The van der Waals surface area contributed by atoms with E-state index in [1.807, 2.05) is 49.1 Å². The van der Waals surface area contributed by atoms with Gasteiger partial charge in [0, 0.05) is 96.8 Å². The second kappa shape index (κ2) is 20.7. The van der Waals surface area contributed by atoms with Crippen molar-refractivity contribution in [3.8, 4) is 78.5 Å². The Morgan fingerprint density at radius 3 is 1.10 bits per heavy atom. The van der Waals surface area contributed by atoms with Gasteiger partial charge >= 0.3 is 0 Å². The van der Waals surface area contributed by atoms with Gasteiger partial charge in [-0.1, -0.05) is 140 Å². The molecular weight excluding hydrogens is 1060 g/mol. The van der Waals surface area contributed by atoms with Crippen molar-refractivity contribution in [2.45, 2.75) is 12.3 Å². The minimum atomic E-state index is 0.141. The lowest BCUT2D eigenvalue weighted by atomic mass is 9.84. The van der Waals surface area contributed by atoms with Crippen molar-refractivity contribution < 1.29 is 4.42 Å². The summed E-state index contributed by atoms with van der Waals surface area (Å²) in [5, 5.41) is 6.71. The largest absolute Gasteiger partial charge is 0.456 e. The molecule has 7 aromatic heterocycles. The summed E-state index contributed by atoms with van der Waals surface area (Å²) in [5.74, 6) is 0.141. The molecule has 1 aliphatic rings. The SMILES string of the molecule is C1=CCC(c2ccccn2)C(c2ccc3c(c2)c2cc(-c4ccccc4-c4ccccn4)ccc2n3-c2ccc3oc4ccc(-n5c6ccc(-c7ccccc7-c7ccccn7)cc6c6cc(-c7ccccc7-c7ccccn7)ccc65)cc4c3c2)=C1. The third-order valence-corrected chi connectivity index (χ3v) is 17.6. The fourth-order valence-electron chi connectivity index (χ4n) is 13.5. The molecule has 9 aromatic carbocycles. The zero-order chi connectivity index (χ0) is 57.4. The fraction of sp³-hybridized carbons (Fsp3) is 0.0250. The number of hydrogen-bond donors (Lipinski definition) is 0. The van der Waals surface area contributed by atoms with Crippen LogP contribution in [0.1, 0.15) is 23.6 Å². The fourth-order valence-corrected chi connectivity index (χ4v) is 13.5. The molecule has 0 aliphatic heterocycles. The molecule has 7 nitrogen and oxygen atoms in total. The molecular formula is C80H52N6O. The number of allylic oxidation sites excluding steroid dienone is 4. The highest BCUT2D eigenvalue weighted by molar-refractivity contribution is 6.15. The first-order valence-electron chi connectivity index (χ1n) is 29.6. The Bertz CT molecular complexity index is 5290. The average molecular weight is 1110 g/mol. The maximum atomic E-state index is 6.76. The van der Waals surface area contributed by atoms with E-state index < -0.39 is 0 Å². The van der Waals surface area contributed by atoms with E-state index in [0.717, 1.165) is 145 Å². The standard InChI is InChI=1S/C80H52N6O/c1-5-21-61(71-25-9-13-41-81-71)57(17-1)51-29-35-75-65(45-51)66-46-52(58-18-2-6-22-62(58)72-26-10-14-42-82-72)30-36-76(66)85(75)55-33-39-79-69(49-55)70-50-56(34-40-80(70)87-79)86-77-37-31-53(59-19-3-7-23-63(59)73-27-11-15-43-83-73)47-67(77)68-48-54(32-38-78(68)86)60-20-4-8-24-64(60)74-28-12-16-44-84-74/h1-23,25-50,64H,24H2. The molecule has 0 saturated heterocycles. The van der Waals surface area contributed by atoms with Crippen molar-refractivity contribution in [1.29, 1.82) is 0 Å². The second-order valence-corrected chi connectivity index (χ2v) is 22.4. The molecule has 0 amide bonds. The van der Waals surface area contributed by atoms with Crippen molar-refractivity contribution >= 4 is 71.1 Å². The Balaban J connectivity index is 0.842. The van der Waals surface area contributed by atoms with Crippen molar-refractivity contribution in [2.24, 2.45) is 0 Å². The minimum Gasteiger partial charge on any atom is -0.456 e. The minimum absolute atomic E-state index is 0.141. The summed E-state index contributed by atoms with van der Waals surface area (Å²) in [6, 6.07) is 91.3. The van der Waals surface area contributed by atoms with Gasteiger partial charge in [-0.15, -0.1) is 0 Å². The molecule has 87 heavy (non-hydrogen) atoms. The summed E-state index contributed by atoms with van der Waals surface area (Å²) in [6.07, 6.45) is 15.1. The van der Waals surface area contributed by atoms with Gasteiger partial charge in [-0.05, 0) is 184 Å². The van der Waals surface area contributed by atoms with Crippen LogP contribution in [0.3, 0.4) is 0 Å². The number of pyridine rings is 4. The highest BCUT2D eigenvalue weighted by Crippen LogP contribution is 2.45. The van der Waals surface area contributed by atoms with Crippen LogP contribution >= 0.6 is 0 Å². The molecule has 1 unspecified atom stereocenters. The predicted octanol–water partition coefficient (Wildman–Crippen LogP) is 20.5. The lowest BCUT2D eigenvalue weighted by molar-refractivity contribution is 0.669. The van der Waals surface area contributed by atoms with E-state index in [1.165, 1.54) is 21.9 Å². The Hall–Kier alpha value is -11.5. The first-order chi connectivity index (χ1) is 43.1. The predicted molar refractivity (Wildman–Crippen MR) is 357 cm³/mol. The molecule has 7 heterocycles. The molecule has 16 aromatic rings. The van der Waals surface area contributed by atoms with Crippen LogP contribution in [-0.4, -0.2) is 29.1 Å². The highest BCUT2D eigenvalue weighted by atomic mass is 16.3. The molecule has 408 valence electrons. The van der Waals surface area contributed by atoms with Crippen LogP contribution in [0.15, 0.2) is 302 Å². The number of aromatic nitrogens is 6. The topological polar surface area (TPSA) is 74.6 Å². The van der Waals surface area contributed by atoms with Crippen molar-refractivity contribution in [3.63, 3.8) is 0 Å². The first-order valence-corrected chi connectivity index (χ1v) is 29.6. The lowest BCUT2D eigenvalue weighted by Crippen LogP contribution is -2.05. The number of nitrogens with zero attached hydrogens (tertiary/aromatic N) is 6. The van der Waals surface area contributed by atoms with Gasteiger partial charge in [0.05, 0.1) is 39.1 Å². The van der Waals surface area contributed by atoms with Gasteiger partial charge in [0.25, 0.3) is 0 Å². The smallest absolute Gasteiger partial charge is 0.135 e. The third kappa shape index (κ3) is 8.50. The monoisotopic (exact) mass is 1110 g/mol. The van der Waals surface area contributed by atoms with Crippen molar-refractivity contribution in [2.75, 3.05) is 0 Å². The Morgan fingerprint density at radius 1 is 0.322 bits per heavy atom. The van der Waals surface area contributed by atoms with E-state index in [0.29, 0.717) is 0 Å². The van der Waals surface area contributed by atoms with Crippen LogP contribution in [-0.2, 0) is 0 Å². The van der Waals surface area contributed by atoms with E-state index in [-0.39, 0.29) is 5.92 Å². The Kier molecular flexibility index (Phi) is 11.9. The molecule has 0 bridgehead atoms. The molecule has 7 heteroatoms. The van der Waals surface area contributed by atoms with Gasteiger partial charge in [0.1, 0.15) is 11.2 Å². The zero-order valence-electron chi connectivity index (χ0n) is 47.2. The van der Waals surface area contributed by atoms with E-state index >= 15 is 0 Å². The van der Waals surface area contributed by atoms with Crippen molar-refractivity contribution in [1.82, 2.24) is 29.1 Å². The van der Waals surface area contributed by atoms with Gasteiger partial charge in [0.15, 0.2) is 0 Å². The molecule has 0 fully saturated rings. The van der Waals surface area contributed by atoms with Gasteiger partial charge in [-0.25, -0.2) is 0 Å². The summed E-state index contributed by atoms with van der Waals surface area (Å²) >= 11 is 0. The Morgan fingerprint density at radius 2 is 0.701 bits per heavy atom. The maximum Gasteiger partial charge on any atom is 0.135 e. The third-order valence-electron chi connectivity index (χ3n) is 17.6. The van der Waals surface area contributed by atoms with E-state index in [2.05, 4.69) is 258 Å². The molecule has 0 radical (unpaired) electrons. The van der Waals surface area contributed by atoms with Crippen LogP contribution in [0.2, 0.25) is 0 Å². The Labute approximate surface area is 501 Å². The van der Waals surface area contributed by atoms with Crippen LogP contribution in [0.25, 0.3) is 150 Å². The van der Waals surface area contributed by atoms with Crippen LogP contribution < -0.4 is 0 Å². The maximum absolute atomic E-state index is 6.76. The summed E-state index contributed by atoms with van der Waals surface area (Å²) < 4.78 is 11.6. The summed E-state index contributed by atoms with van der Waals surface area (Å²) in [5.41, 5.74) is 24.5. The average Bonchev–Trinajstić information content (AvgIpc) is 1.73. The quantitative estimate of drug-likeness (QED) is 0.136. The zero-order valence-corrected chi connectivity index (χ0v) is 47.2. The summed E-state index contributed by atoms with van der Waals surface area (Å²) in [7, 11) is 0. The highest BCUT2D eigenvalue weighted by Gasteiger charge is 2.24. The molecule has 0 N–H and O–H groups in total. The molecule has 0 spiro atoms. The lowest BCUT2D eigenvalue weighted by Gasteiger charge is -2.21. The van der Waals surface area contributed by atoms with Gasteiger partial charge in [-0.2, -0.15) is 0 Å². The van der Waals surface area contributed by atoms with Gasteiger partial charge < -0.3 is 13.6 Å².